The van der Waals surface area contributed by atoms with Gasteiger partial charge in [0.2, 0.25) is 0 Å². The molecule has 1 aliphatic carbocycles. The molecule has 2 fully saturated rings. The summed E-state index contributed by atoms with van der Waals surface area (Å²) in [5.74, 6) is 0.646. The summed E-state index contributed by atoms with van der Waals surface area (Å²) in [4.78, 5) is 21.4. The van der Waals surface area contributed by atoms with Crippen LogP contribution >= 0.6 is 0 Å². The van der Waals surface area contributed by atoms with Gasteiger partial charge in [0, 0.05) is 38.6 Å². The number of anilines is 3. The summed E-state index contributed by atoms with van der Waals surface area (Å²) in [7, 11) is 3.91. The van der Waals surface area contributed by atoms with Crippen molar-refractivity contribution in [3.05, 3.63) is 48.3 Å². The molecule has 1 N–H and O–H groups in total. The van der Waals surface area contributed by atoms with Crippen LogP contribution in [-0.2, 0) is 0 Å². The van der Waals surface area contributed by atoms with Crippen molar-refractivity contribution >= 4 is 23.0 Å². The summed E-state index contributed by atoms with van der Waals surface area (Å²) in [6.07, 6.45) is 5.57. The zero-order valence-electron chi connectivity index (χ0n) is 14.8. The number of carbonyl (C=O) groups is 1. The molecule has 2 unspecified atom stereocenters. The number of fused-ring (bicyclic) bond motifs is 2. The monoisotopic (exact) mass is 336 g/mol. The van der Waals surface area contributed by atoms with Gasteiger partial charge in [0.15, 0.2) is 0 Å². The Morgan fingerprint density at radius 3 is 2.80 bits per heavy atom. The van der Waals surface area contributed by atoms with Gasteiger partial charge in [-0.1, -0.05) is 12.1 Å². The Labute approximate surface area is 148 Å². The number of pyridine rings is 1. The lowest BCUT2D eigenvalue weighted by Gasteiger charge is -2.31. The lowest BCUT2D eigenvalue weighted by Crippen LogP contribution is -2.32. The Morgan fingerprint density at radius 2 is 2.08 bits per heavy atom. The minimum Gasteiger partial charge on any atom is -0.378 e. The van der Waals surface area contributed by atoms with Crippen LogP contribution in [0, 0.1) is 5.92 Å². The van der Waals surface area contributed by atoms with Crippen LogP contribution in [-0.4, -0.2) is 37.6 Å². The van der Waals surface area contributed by atoms with Crippen LogP contribution in [0.1, 0.15) is 29.8 Å². The number of carbonyl (C=O) groups excluding carboxylic acids is 1. The van der Waals surface area contributed by atoms with Crippen molar-refractivity contribution < 1.29 is 4.79 Å². The smallest absolute Gasteiger partial charge is 0.274 e. The molecule has 1 aromatic heterocycles. The third kappa shape index (κ3) is 3.06. The van der Waals surface area contributed by atoms with Crippen molar-refractivity contribution in [2.24, 2.45) is 5.92 Å². The molecular formula is C20H24N4O. The summed E-state index contributed by atoms with van der Waals surface area (Å²) < 4.78 is 0. The first-order valence-corrected chi connectivity index (χ1v) is 8.92. The zero-order chi connectivity index (χ0) is 17.4. The number of aromatic nitrogens is 1. The van der Waals surface area contributed by atoms with Gasteiger partial charge < -0.3 is 15.1 Å². The second-order valence-corrected chi connectivity index (χ2v) is 7.25. The van der Waals surface area contributed by atoms with Crippen LogP contribution in [0.4, 0.5) is 17.1 Å². The van der Waals surface area contributed by atoms with Gasteiger partial charge in [-0.3, -0.25) is 9.78 Å². The van der Waals surface area contributed by atoms with Gasteiger partial charge in [-0.05, 0) is 49.4 Å². The number of hydrogen-bond donors (Lipinski definition) is 1. The van der Waals surface area contributed by atoms with Crippen molar-refractivity contribution in [3.8, 4) is 0 Å². The molecule has 1 aliphatic heterocycles. The molecule has 5 heteroatoms. The van der Waals surface area contributed by atoms with Gasteiger partial charge in [-0.15, -0.1) is 0 Å². The van der Waals surface area contributed by atoms with Crippen LogP contribution in [0.15, 0.2) is 42.6 Å². The molecule has 0 spiro atoms. The number of para-hydroxylation sites is 2. The van der Waals surface area contributed by atoms with E-state index in [0.717, 1.165) is 29.5 Å². The molecule has 130 valence electrons. The second-order valence-electron chi connectivity index (χ2n) is 7.25. The molecule has 1 aromatic carbocycles. The highest BCUT2D eigenvalue weighted by Gasteiger charge is 2.38. The van der Waals surface area contributed by atoms with Gasteiger partial charge in [-0.2, -0.15) is 0 Å². The maximum Gasteiger partial charge on any atom is 0.274 e. The number of rotatable bonds is 4. The fraction of sp³-hybridized carbons (Fsp3) is 0.400. The zero-order valence-corrected chi connectivity index (χ0v) is 14.8. The number of amides is 1. The fourth-order valence-corrected chi connectivity index (χ4v) is 4.06. The van der Waals surface area contributed by atoms with E-state index in [-0.39, 0.29) is 5.91 Å². The van der Waals surface area contributed by atoms with E-state index in [1.807, 2.05) is 49.3 Å². The maximum absolute atomic E-state index is 12.7. The molecule has 2 aliphatic rings. The van der Waals surface area contributed by atoms with Crippen molar-refractivity contribution in [2.45, 2.75) is 25.3 Å². The molecule has 2 bridgehead atoms. The first-order valence-electron chi connectivity index (χ1n) is 8.92. The van der Waals surface area contributed by atoms with E-state index in [1.165, 1.54) is 19.3 Å². The number of nitrogens with one attached hydrogen (secondary N) is 1. The SMILES string of the molecule is CN(C)c1ccnc(C(=O)Nc2ccccc2N2CC3CCC2C3)c1. The van der Waals surface area contributed by atoms with Crippen LogP contribution in [0.25, 0.3) is 0 Å². The highest BCUT2D eigenvalue weighted by molar-refractivity contribution is 6.05. The second kappa shape index (κ2) is 6.39. The quantitative estimate of drug-likeness (QED) is 0.930. The van der Waals surface area contributed by atoms with Gasteiger partial charge in [-0.25, -0.2) is 0 Å². The number of hydrogen-bond acceptors (Lipinski definition) is 4. The number of piperidine rings is 1. The van der Waals surface area contributed by atoms with E-state index < -0.39 is 0 Å². The third-order valence-corrected chi connectivity index (χ3v) is 5.36. The largest absolute Gasteiger partial charge is 0.378 e. The third-order valence-electron chi connectivity index (χ3n) is 5.36. The minimum absolute atomic E-state index is 0.166. The lowest BCUT2D eigenvalue weighted by atomic mass is 10.1. The molecule has 25 heavy (non-hydrogen) atoms. The van der Waals surface area contributed by atoms with E-state index in [4.69, 9.17) is 0 Å². The molecule has 1 saturated carbocycles. The van der Waals surface area contributed by atoms with Gasteiger partial charge in [0.25, 0.3) is 5.91 Å². The van der Waals surface area contributed by atoms with Crippen molar-refractivity contribution in [1.82, 2.24) is 4.98 Å². The lowest BCUT2D eigenvalue weighted by molar-refractivity contribution is 0.102. The summed E-state index contributed by atoms with van der Waals surface area (Å²) in [6, 6.07) is 12.4. The predicted octanol–water partition coefficient (Wildman–Crippen LogP) is 3.39. The first-order chi connectivity index (χ1) is 12.1. The van der Waals surface area contributed by atoms with E-state index in [9.17, 15) is 4.79 Å². The Kier molecular flexibility index (Phi) is 4.07. The molecule has 4 rings (SSSR count). The van der Waals surface area contributed by atoms with Crippen LogP contribution < -0.4 is 15.1 Å². The normalized spacial score (nSPS) is 21.4. The molecule has 2 atom stereocenters. The highest BCUT2D eigenvalue weighted by Crippen LogP contribution is 2.42. The van der Waals surface area contributed by atoms with Crippen LogP contribution in [0.5, 0.6) is 0 Å². The average molecular weight is 336 g/mol. The predicted molar refractivity (Wildman–Crippen MR) is 101 cm³/mol. The van der Waals surface area contributed by atoms with Crippen molar-refractivity contribution in [2.75, 3.05) is 35.8 Å². The fourth-order valence-electron chi connectivity index (χ4n) is 4.06. The van der Waals surface area contributed by atoms with Gasteiger partial charge >= 0.3 is 0 Å². The molecule has 2 aromatic rings. The van der Waals surface area contributed by atoms with Gasteiger partial charge in [0.05, 0.1) is 11.4 Å². The molecule has 1 saturated heterocycles. The van der Waals surface area contributed by atoms with Crippen LogP contribution in [0.3, 0.4) is 0 Å². The Bertz CT molecular complexity index is 789. The van der Waals surface area contributed by atoms with E-state index in [1.54, 1.807) is 6.20 Å². The summed E-state index contributed by atoms with van der Waals surface area (Å²) in [6.45, 7) is 1.10. The minimum atomic E-state index is -0.166. The highest BCUT2D eigenvalue weighted by atomic mass is 16.1. The summed E-state index contributed by atoms with van der Waals surface area (Å²) in [5, 5.41) is 3.07. The van der Waals surface area contributed by atoms with Gasteiger partial charge in [0.1, 0.15) is 5.69 Å². The topological polar surface area (TPSA) is 48.5 Å². The Balaban J connectivity index is 1.57. The number of benzene rings is 1. The molecule has 0 radical (unpaired) electrons. The summed E-state index contributed by atoms with van der Waals surface area (Å²) >= 11 is 0. The molecule has 5 nitrogen and oxygen atoms in total. The molecule has 1 amide bonds. The van der Waals surface area contributed by atoms with E-state index in [0.29, 0.717) is 11.7 Å². The Hall–Kier alpha value is -2.56. The Morgan fingerprint density at radius 1 is 1.24 bits per heavy atom. The average Bonchev–Trinajstić information content (AvgIpc) is 3.25. The van der Waals surface area contributed by atoms with E-state index >= 15 is 0 Å². The molecular weight excluding hydrogens is 312 g/mol. The summed E-state index contributed by atoms with van der Waals surface area (Å²) in [5.41, 5.74) is 3.40. The molecule has 2 heterocycles. The first kappa shape index (κ1) is 15.9. The maximum atomic E-state index is 12.7. The number of nitrogens with zero attached hydrogens (tertiary/aromatic N) is 3. The van der Waals surface area contributed by atoms with Crippen molar-refractivity contribution in [1.29, 1.82) is 0 Å². The van der Waals surface area contributed by atoms with E-state index in [2.05, 4.69) is 21.3 Å². The van der Waals surface area contributed by atoms with Crippen LogP contribution in [0.2, 0.25) is 0 Å². The van der Waals surface area contributed by atoms with Crippen molar-refractivity contribution in [3.63, 3.8) is 0 Å². The standard InChI is InChI=1S/C20H24N4O/c1-23(2)15-9-10-21-18(12-15)20(25)22-17-5-3-4-6-19(17)24-13-14-7-8-16(24)11-14/h3-6,9-10,12,14,16H,7-8,11,13H2,1-2H3,(H,22,25).